The molecule has 1 aliphatic heterocycles. The molecule has 0 aromatic heterocycles. The van der Waals surface area contributed by atoms with Crippen LogP contribution in [0.4, 0.5) is 0 Å². The lowest BCUT2D eigenvalue weighted by Crippen LogP contribution is -2.44. The lowest BCUT2D eigenvalue weighted by Gasteiger charge is -2.35. The number of ether oxygens (including phenoxy) is 1. The molecule has 0 saturated carbocycles. The van der Waals surface area contributed by atoms with Crippen LogP contribution in [0.15, 0.2) is 54.6 Å². The van der Waals surface area contributed by atoms with Crippen LogP contribution in [0, 0.1) is 5.41 Å². The smallest absolute Gasteiger partial charge is 0.312 e. The molecule has 0 radical (unpaired) electrons. The van der Waals surface area contributed by atoms with Crippen LogP contribution in [0.1, 0.15) is 18.4 Å². The maximum absolute atomic E-state index is 12.3. The molecule has 0 amide bonds. The number of methoxy groups -OCH3 is 1. The summed E-state index contributed by atoms with van der Waals surface area (Å²) in [5, 5.41) is 3.33. The van der Waals surface area contributed by atoms with E-state index in [0.29, 0.717) is 0 Å². The zero-order valence-corrected chi connectivity index (χ0v) is 13.5. The van der Waals surface area contributed by atoms with Crippen molar-refractivity contribution in [2.24, 2.45) is 5.41 Å². The van der Waals surface area contributed by atoms with Crippen LogP contribution in [-0.4, -0.2) is 26.2 Å². The number of carbonyl (C=O) groups excluding carboxylic acids is 1. The highest BCUT2D eigenvalue weighted by molar-refractivity contribution is 5.77. The fourth-order valence-corrected chi connectivity index (χ4v) is 3.41. The largest absolute Gasteiger partial charge is 0.469 e. The highest BCUT2D eigenvalue weighted by Crippen LogP contribution is 2.34. The zero-order valence-electron chi connectivity index (χ0n) is 13.5. The Hall–Kier alpha value is -2.13. The highest BCUT2D eigenvalue weighted by Gasteiger charge is 2.40. The molecule has 0 bridgehead atoms. The lowest BCUT2D eigenvalue weighted by atomic mass is 9.74. The van der Waals surface area contributed by atoms with Crippen molar-refractivity contribution in [1.82, 2.24) is 5.32 Å². The van der Waals surface area contributed by atoms with Gasteiger partial charge >= 0.3 is 5.97 Å². The lowest BCUT2D eigenvalue weighted by molar-refractivity contribution is -0.154. The Morgan fingerprint density at radius 1 is 1.00 bits per heavy atom. The first-order valence-electron chi connectivity index (χ1n) is 8.17. The van der Waals surface area contributed by atoms with E-state index in [9.17, 15) is 4.79 Å². The number of esters is 1. The van der Waals surface area contributed by atoms with E-state index in [4.69, 9.17) is 4.74 Å². The summed E-state index contributed by atoms with van der Waals surface area (Å²) in [6.45, 7) is 1.74. The molecular weight excluding hydrogens is 286 g/mol. The summed E-state index contributed by atoms with van der Waals surface area (Å²) >= 11 is 0. The van der Waals surface area contributed by atoms with E-state index in [2.05, 4.69) is 41.7 Å². The molecule has 1 aliphatic rings. The summed E-state index contributed by atoms with van der Waals surface area (Å²) in [6, 6.07) is 18.9. The number of hydrogen-bond acceptors (Lipinski definition) is 3. The summed E-state index contributed by atoms with van der Waals surface area (Å²) in [7, 11) is 1.49. The Morgan fingerprint density at radius 3 is 2.22 bits per heavy atom. The molecule has 2 aromatic rings. The molecule has 3 nitrogen and oxygen atoms in total. The zero-order chi connectivity index (χ0) is 16.1. The second-order valence-electron chi connectivity index (χ2n) is 6.26. The van der Waals surface area contributed by atoms with E-state index in [1.807, 2.05) is 18.2 Å². The first kappa shape index (κ1) is 15.8. The summed E-state index contributed by atoms with van der Waals surface area (Å²) < 4.78 is 5.09. The van der Waals surface area contributed by atoms with E-state index in [0.717, 1.165) is 32.4 Å². The van der Waals surface area contributed by atoms with Gasteiger partial charge in [-0.15, -0.1) is 0 Å². The van der Waals surface area contributed by atoms with E-state index in [-0.39, 0.29) is 11.4 Å². The minimum atomic E-state index is -0.381. The van der Waals surface area contributed by atoms with Gasteiger partial charge in [0.1, 0.15) is 0 Å². The van der Waals surface area contributed by atoms with Crippen LogP contribution in [0.5, 0.6) is 0 Å². The minimum absolute atomic E-state index is 0.0777. The monoisotopic (exact) mass is 309 g/mol. The van der Waals surface area contributed by atoms with Gasteiger partial charge in [0.25, 0.3) is 0 Å². The molecule has 0 aliphatic carbocycles. The average molecular weight is 309 g/mol. The summed E-state index contributed by atoms with van der Waals surface area (Å²) in [5.74, 6) is -0.0777. The average Bonchev–Trinajstić information content (AvgIpc) is 2.63. The van der Waals surface area contributed by atoms with Gasteiger partial charge in [-0.2, -0.15) is 0 Å². The van der Waals surface area contributed by atoms with Gasteiger partial charge in [0.15, 0.2) is 0 Å². The van der Waals surface area contributed by atoms with Gasteiger partial charge in [0, 0.05) is 0 Å². The van der Waals surface area contributed by atoms with Gasteiger partial charge in [-0.25, -0.2) is 0 Å². The molecule has 120 valence electrons. The minimum Gasteiger partial charge on any atom is -0.469 e. The van der Waals surface area contributed by atoms with E-state index in [1.165, 1.54) is 23.8 Å². The van der Waals surface area contributed by atoms with Gasteiger partial charge in [0.05, 0.1) is 12.5 Å². The fourth-order valence-electron chi connectivity index (χ4n) is 3.41. The third-order valence-electron chi connectivity index (χ3n) is 4.78. The fraction of sp³-hybridized carbons (Fsp3) is 0.350. The van der Waals surface area contributed by atoms with Crippen molar-refractivity contribution in [3.8, 4) is 11.1 Å². The molecule has 1 fully saturated rings. The predicted octanol–water partition coefficient (Wildman–Crippen LogP) is 3.44. The molecule has 0 unspecified atom stereocenters. The first-order valence-corrected chi connectivity index (χ1v) is 8.17. The second kappa shape index (κ2) is 6.97. The maximum atomic E-state index is 12.3. The van der Waals surface area contributed by atoms with Gasteiger partial charge in [0.2, 0.25) is 0 Å². The SMILES string of the molecule is COC(=O)C1(Cc2ccc(-c3ccccc3)cc2)CCNCC1. The molecule has 1 N–H and O–H groups in total. The van der Waals surface area contributed by atoms with Crippen molar-refractivity contribution in [2.75, 3.05) is 20.2 Å². The van der Waals surface area contributed by atoms with E-state index >= 15 is 0 Å². The van der Waals surface area contributed by atoms with Crippen molar-refractivity contribution >= 4 is 5.97 Å². The number of rotatable bonds is 4. The van der Waals surface area contributed by atoms with Crippen molar-refractivity contribution in [3.05, 3.63) is 60.2 Å². The summed E-state index contributed by atoms with van der Waals surface area (Å²) in [4.78, 5) is 12.3. The van der Waals surface area contributed by atoms with Crippen molar-refractivity contribution in [2.45, 2.75) is 19.3 Å². The molecular formula is C20H23NO2. The van der Waals surface area contributed by atoms with E-state index < -0.39 is 0 Å². The highest BCUT2D eigenvalue weighted by atomic mass is 16.5. The summed E-state index contributed by atoms with van der Waals surface area (Å²) in [5.41, 5.74) is 3.22. The van der Waals surface area contributed by atoms with E-state index in [1.54, 1.807) is 0 Å². The number of hydrogen-bond donors (Lipinski definition) is 1. The van der Waals surface area contributed by atoms with Crippen molar-refractivity contribution in [1.29, 1.82) is 0 Å². The normalized spacial score (nSPS) is 16.7. The van der Waals surface area contributed by atoms with Gasteiger partial charge in [-0.05, 0) is 49.0 Å². The number of nitrogens with one attached hydrogen (secondary N) is 1. The van der Waals surface area contributed by atoms with Crippen molar-refractivity contribution < 1.29 is 9.53 Å². The van der Waals surface area contributed by atoms with Gasteiger partial charge < -0.3 is 10.1 Å². The van der Waals surface area contributed by atoms with Crippen LogP contribution < -0.4 is 5.32 Å². The van der Waals surface area contributed by atoms with Crippen LogP contribution in [0.3, 0.4) is 0 Å². The number of piperidine rings is 1. The Labute approximate surface area is 137 Å². The van der Waals surface area contributed by atoms with Crippen LogP contribution in [0.25, 0.3) is 11.1 Å². The second-order valence-corrected chi connectivity index (χ2v) is 6.26. The predicted molar refractivity (Wildman–Crippen MR) is 92.1 cm³/mol. The molecule has 1 heterocycles. The molecule has 0 spiro atoms. The molecule has 3 rings (SSSR count). The first-order chi connectivity index (χ1) is 11.2. The van der Waals surface area contributed by atoms with Crippen molar-refractivity contribution in [3.63, 3.8) is 0 Å². The maximum Gasteiger partial charge on any atom is 0.312 e. The molecule has 3 heteroatoms. The molecule has 2 aromatic carbocycles. The van der Waals surface area contributed by atoms with Crippen LogP contribution in [0.2, 0.25) is 0 Å². The third-order valence-corrected chi connectivity index (χ3v) is 4.78. The standard InChI is InChI=1S/C20H23NO2/c1-23-19(22)20(11-13-21-14-12-20)15-16-7-9-18(10-8-16)17-5-3-2-4-6-17/h2-10,21H,11-15H2,1H3. The van der Waals surface area contributed by atoms with Gasteiger partial charge in [-0.1, -0.05) is 54.6 Å². The summed E-state index contributed by atoms with van der Waals surface area (Å²) in [6.07, 6.45) is 2.41. The molecule has 1 saturated heterocycles. The number of benzene rings is 2. The Bertz CT molecular complexity index is 643. The van der Waals surface area contributed by atoms with Crippen LogP contribution >= 0.6 is 0 Å². The molecule has 23 heavy (non-hydrogen) atoms. The number of carbonyl (C=O) groups is 1. The third kappa shape index (κ3) is 3.45. The Kier molecular flexibility index (Phi) is 4.77. The molecule has 0 atom stereocenters. The van der Waals surface area contributed by atoms with Crippen LogP contribution in [-0.2, 0) is 16.0 Å². The Morgan fingerprint density at radius 2 is 1.61 bits per heavy atom. The quantitative estimate of drug-likeness (QED) is 0.879. The Balaban J connectivity index is 1.80. The topological polar surface area (TPSA) is 38.3 Å². The van der Waals surface area contributed by atoms with Gasteiger partial charge in [-0.3, -0.25) is 4.79 Å².